The van der Waals surface area contributed by atoms with E-state index in [4.69, 9.17) is 4.74 Å². The Morgan fingerprint density at radius 2 is 1.00 bits per heavy atom. The molecule has 114 valence electrons. The summed E-state index contributed by atoms with van der Waals surface area (Å²) in [5.41, 5.74) is 2.08. The standard InChI is InChI=1S/C20H16O3/c21-19-17-15(13-7-3-1-4-8-13)11-12-16(18(17)20(22)23-19)14-9-5-2-6-10-14/h1-12,15-18H/t15-,16-,17-,18+/m0/s1. The summed E-state index contributed by atoms with van der Waals surface area (Å²) in [7, 11) is 0. The molecule has 2 aliphatic rings. The molecule has 0 radical (unpaired) electrons. The van der Waals surface area contributed by atoms with Crippen LogP contribution in [-0.2, 0) is 14.3 Å². The van der Waals surface area contributed by atoms with Gasteiger partial charge < -0.3 is 4.74 Å². The number of carbonyl (C=O) groups excluding carboxylic acids is 2. The van der Waals surface area contributed by atoms with E-state index in [0.717, 1.165) is 11.1 Å². The van der Waals surface area contributed by atoms with Crippen LogP contribution in [0, 0.1) is 11.8 Å². The number of esters is 2. The van der Waals surface area contributed by atoms with Crippen molar-refractivity contribution in [2.24, 2.45) is 11.8 Å². The monoisotopic (exact) mass is 304 g/mol. The van der Waals surface area contributed by atoms with Gasteiger partial charge in [-0.2, -0.15) is 0 Å². The van der Waals surface area contributed by atoms with E-state index >= 15 is 0 Å². The molecule has 3 nitrogen and oxygen atoms in total. The molecule has 0 amide bonds. The SMILES string of the molecule is O=C1OC(=O)[C@H]2[C@@H]1[C@H](c1ccccc1)C=C[C@H]2c1ccccc1. The normalized spacial score (nSPS) is 29.2. The minimum absolute atomic E-state index is 0.111. The summed E-state index contributed by atoms with van der Waals surface area (Å²) in [6.07, 6.45) is 4.10. The zero-order chi connectivity index (χ0) is 15.8. The molecule has 0 N–H and O–H groups in total. The van der Waals surface area contributed by atoms with Gasteiger partial charge in [-0.3, -0.25) is 9.59 Å². The average Bonchev–Trinajstić information content (AvgIpc) is 2.91. The number of rotatable bonds is 2. The number of hydrogen-bond acceptors (Lipinski definition) is 3. The Morgan fingerprint density at radius 3 is 1.39 bits per heavy atom. The Balaban J connectivity index is 1.79. The summed E-state index contributed by atoms with van der Waals surface area (Å²) >= 11 is 0. The molecular formula is C20H16O3. The fraction of sp³-hybridized carbons (Fsp3) is 0.200. The van der Waals surface area contributed by atoms with Crippen molar-refractivity contribution in [3.8, 4) is 0 Å². The van der Waals surface area contributed by atoms with Crippen molar-refractivity contribution in [3.63, 3.8) is 0 Å². The molecule has 3 heteroatoms. The molecule has 4 rings (SSSR count). The van der Waals surface area contributed by atoms with Crippen LogP contribution < -0.4 is 0 Å². The molecule has 0 saturated carbocycles. The van der Waals surface area contributed by atoms with Gasteiger partial charge in [-0.15, -0.1) is 0 Å². The maximum Gasteiger partial charge on any atom is 0.318 e. The molecule has 0 spiro atoms. The van der Waals surface area contributed by atoms with Crippen LogP contribution in [0.1, 0.15) is 23.0 Å². The van der Waals surface area contributed by atoms with Crippen molar-refractivity contribution in [3.05, 3.63) is 83.9 Å². The van der Waals surface area contributed by atoms with E-state index in [-0.39, 0.29) is 11.8 Å². The number of fused-ring (bicyclic) bond motifs is 1. The molecule has 23 heavy (non-hydrogen) atoms. The Bertz CT molecular complexity index is 698. The lowest BCUT2D eigenvalue weighted by Crippen LogP contribution is -2.31. The first-order valence-corrected chi connectivity index (χ1v) is 7.79. The minimum Gasteiger partial charge on any atom is -0.393 e. The second-order valence-corrected chi connectivity index (χ2v) is 6.05. The first-order valence-electron chi connectivity index (χ1n) is 7.79. The maximum atomic E-state index is 12.3. The first kappa shape index (κ1) is 13.9. The number of hydrogen-bond donors (Lipinski definition) is 0. The Hall–Kier alpha value is -2.68. The fourth-order valence-corrected chi connectivity index (χ4v) is 3.73. The van der Waals surface area contributed by atoms with Gasteiger partial charge in [0.1, 0.15) is 0 Å². The zero-order valence-corrected chi connectivity index (χ0v) is 12.5. The molecule has 0 unspecified atom stereocenters. The molecule has 2 aromatic rings. The molecular weight excluding hydrogens is 288 g/mol. The maximum absolute atomic E-state index is 12.3. The van der Waals surface area contributed by atoms with E-state index in [1.807, 2.05) is 72.8 Å². The van der Waals surface area contributed by atoms with Gasteiger partial charge in [0.25, 0.3) is 0 Å². The van der Waals surface area contributed by atoms with Gasteiger partial charge in [0.2, 0.25) is 0 Å². The Morgan fingerprint density at radius 1 is 0.609 bits per heavy atom. The van der Waals surface area contributed by atoms with E-state index in [1.165, 1.54) is 0 Å². The lowest BCUT2D eigenvalue weighted by Gasteiger charge is -2.31. The Labute approximate surface area is 134 Å². The van der Waals surface area contributed by atoms with E-state index in [1.54, 1.807) is 0 Å². The number of carbonyl (C=O) groups is 2. The topological polar surface area (TPSA) is 43.4 Å². The van der Waals surface area contributed by atoms with Crippen molar-refractivity contribution in [2.75, 3.05) is 0 Å². The number of cyclic esters (lactones) is 2. The predicted molar refractivity (Wildman–Crippen MR) is 85.6 cm³/mol. The van der Waals surface area contributed by atoms with Crippen LogP contribution in [0.4, 0.5) is 0 Å². The molecule has 4 atom stereocenters. The molecule has 1 heterocycles. The molecule has 0 bridgehead atoms. The second kappa shape index (κ2) is 5.51. The predicted octanol–water partition coefficient (Wildman–Crippen LogP) is 3.44. The van der Waals surface area contributed by atoms with Crippen molar-refractivity contribution >= 4 is 11.9 Å². The highest BCUT2D eigenvalue weighted by Gasteiger charge is 2.53. The lowest BCUT2D eigenvalue weighted by molar-refractivity contribution is -0.153. The third-order valence-electron chi connectivity index (χ3n) is 4.80. The molecule has 1 fully saturated rings. The number of ether oxygens (including phenoxy) is 1. The zero-order valence-electron chi connectivity index (χ0n) is 12.5. The number of allylic oxidation sites excluding steroid dienone is 2. The third kappa shape index (κ3) is 2.29. The summed E-state index contributed by atoms with van der Waals surface area (Å²) in [4.78, 5) is 24.6. The van der Waals surface area contributed by atoms with E-state index < -0.39 is 23.8 Å². The summed E-state index contributed by atoms with van der Waals surface area (Å²) in [5.74, 6) is -1.92. The Kier molecular flexibility index (Phi) is 3.34. The smallest absolute Gasteiger partial charge is 0.318 e. The molecule has 2 aromatic carbocycles. The fourth-order valence-electron chi connectivity index (χ4n) is 3.73. The van der Waals surface area contributed by atoms with Gasteiger partial charge >= 0.3 is 11.9 Å². The quantitative estimate of drug-likeness (QED) is 0.485. The second-order valence-electron chi connectivity index (χ2n) is 6.05. The average molecular weight is 304 g/mol. The van der Waals surface area contributed by atoms with Crippen LogP contribution in [0.25, 0.3) is 0 Å². The summed E-state index contributed by atoms with van der Waals surface area (Å²) < 4.78 is 4.99. The van der Waals surface area contributed by atoms with Gasteiger partial charge in [-0.25, -0.2) is 0 Å². The van der Waals surface area contributed by atoms with Crippen LogP contribution in [0.15, 0.2) is 72.8 Å². The highest BCUT2D eigenvalue weighted by molar-refractivity contribution is 5.98. The van der Waals surface area contributed by atoms with Crippen LogP contribution in [0.2, 0.25) is 0 Å². The van der Waals surface area contributed by atoms with Crippen molar-refractivity contribution in [2.45, 2.75) is 11.8 Å². The van der Waals surface area contributed by atoms with Gasteiger partial charge in [0.05, 0.1) is 11.8 Å². The lowest BCUT2D eigenvalue weighted by atomic mass is 9.68. The van der Waals surface area contributed by atoms with E-state index in [9.17, 15) is 9.59 Å². The van der Waals surface area contributed by atoms with Crippen LogP contribution in [0.3, 0.4) is 0 Å². The van der Waals surface area contributed by atoms with E-state index in [0.29, 0.717) is 0 Å². The molecule has 1 aliphatic heterocycles. The third-order valence-corrected chi connectivity index (χ3v) is 4.80. The summed E-state index contributed by atoms with van der Waals surface area (Å²) in [6, 6.07) is 19.6. The van der Waals surface area contributed by atoms with Crippen LogP contribution in [-0.4, -0.2) is 11.9 Å². The van der Waals surface area contributed by atoms with E-state index in [2.05, 4.69) is 0 Å². The first-order chi connectivity index (χ1) is 11.3. The van der Waals surface area contributed by atoms with Crippen LogP contribution >= 0.6 is 0 Å². The largest absolute Gasteiger partial charge is 0.393 e. The van der Waals surface area contributed by atoms with Gasteiger partial charge in [0.15, 0.2) is 0 Å². The highest BCUT2D eigenvalue weighted by atomic mass is 16.6. The van der Waals surface area contributed by atoms with Gasteiger partial charge in [0, 0.05) is 11.8 Å². The molecule has 0 aromatic heterocycles. The van der Waals surface area contributed by atoms with Crippen molar-refractivity contribution in [1.29, 1.82) is 0 Å². The van der Waals surface area contributed by atoms with Gasteiger partial charge in [-0.1, -0.05) is 72.8 Å². The van der Waals surface area contributed by atoms with Crippen molar-refractivity contribution in [1.82, 2.24) is 0 Å². The molecule has 1 saturated heterocycles. The highest BCUT2D eigenvalue weighted by Crippen LogP contribution is 2.48. The summed E-state index contributed by atoms with van der Waals surface area (Å²) in [6.45, 7) is 0. The molecule has 1 aliphatic carbocycles. The number of benzene rings is 2. The van der Waals surface area contributed by atoms with Gasteiger partial charge in [-0.05, 0) is 11.1 Å². The summed E-state index contributed by atoms with van der Waals surface area (Å²) in [5, 5.41) is 0. The minimum atomic E-state index is -0.444. The van der Waals surface area contributed by atoms with Crippen LogP contribution in [0.5, 0.6) is 0 Å². The van der Waals surface area contributed by atoms with Crippen molar-refractivity contribution < 1.29 is 14.3 Å².